The lowest BCUT2D eigenvalue weighted by Gasteiger charge is -2.16. The van der Waals surface area contributed by atoms with Gasteiger partial charge in [0, 0.05) is 19.6 Å². The van der Waals surface area contributed by atoms with E-state index in [1.54, 1.807) is 0 Å². The van der Waals surface area contributed by atoms with E-state index in [0.717, 1.165) is 31.9 Å². The van der Waals surface area contributed by atoms with Crippen molar-refractivity contribution in [2.45, 2.75) is 33.4 Å². The molecule has 0 spiro atoms. The fraction of sp³-hybridized carbons (Fsp3) is 0.750. The van der Waals surface area contributed by atoms with Gasteiger partial charge in [-0.3, -0.25) is 9.58 Å². The molecule has 2 rings (SSSR count). The lowest BCUT2D eigenvalue weighted by Crippen LogP contribution is -2.24. The molecule has 90 valence electrons. The third-order valence-corrected chi connectivity index (χ3v) is 3.37. The van der Waals surface area contributed by atoms with Crippen molar-refractivity contribution in [3.8, 4) is 0 Å². The van der Waals surface area contributed by atoms with Crippen LogP contribution in [0.4, 0.5) is 0 Å². The van der Waals surface area contributed by atoms with Crippen molar-refractivity contribution >= 4 is 0 Å². The summed E-state index contributed by atoms with van der Waals surface area (Å²) in [5.41, 5.74) is 8.15. The lowest BCUT2D eigenvalue weighted by molar-refractivity contribution is 0.306. The Morgan fingerprint density at radius 2 is 2.38 bits per heavy atom. The van der Waals surface area contributed by atoms with E-state index >= 15 is 0 Å². The zero-order valence-corrected chi connectivity index (χ0v) is 10.3. The highest BCUT2D eigenvalue weighted by Crippen LogP contribution is 2.18. The van der Waals surface area contributed by atoms with Gasteiger partial charge < -0.3 is 5.73 Å². The Labute approximate surface area is 97.4 Å². The molecule has 2 heterocycles. The third kappa shape index (κ3) is 2.44. The maximum atomic E-state index is 5.71. The summed E-state index contributed by atoms with van der Waals surface area (Å²) in [7, 11) is 0. The Morgan fingerprint density at radius 1 is 1.56 bits per heavy atom. The quantitative estimate of drug-likeness (QED) is 0.826. The Hall–Kier alpha value is -0.870. The number of hydrogen-bond donors (Lipinski definition) is 1. The van der Waals surface area contributed by atoms with Crippen molar-refractivity contribution < 1.29 is 0 Å². The zero-order chi connectivity index (χ0) is 11.5. The molecule has 1 aromatic heterocycles. The lowest BCUT2D eigenvalue weighted by atomic mass is 10.1. The minimum absolute atomic E-state index is 0.694. The van der Waals surface area contributed by atoms with E-state index in [-0.39, 0.29) is 0 Å². The van der Waals surface area contributed by atoms with Crippen LogP contribution in [0.2, 0.25) is 0 Å². The molecule has 0 saturated carbocycles. The van der Waals surface area contributed by atoms with Gasteiger partial charge in [-0.15, -0.1) is 0 Å². The van der Waals surface area contributed by atoms with Crippen molar-refractivity contribution in [2.24, 2.45) is 11.7 Å². The standard InChI is InChI=1S/C12H22N4/c1-3-16-12(6-10(2)14-16)9-15-5-4-11(7-13)8-15/h6,11H,3-5,7-9,13H2,1-2H3. The summed E-state index contributed by atoms with van der Waals surface area (Å²) >= 11 is 0. The Bertz CT molecular complexity index is 345. The molecule has 0 aliphatic carbocycles. The third-order valence-electron chi connectivity index (χ3n) is 3.37. The molecule has 4 nitrogen and oxygen atoms in total. The smallest absolute Gasteiger partial charge is 0.0597 e. The van der Waals surface area contributed by atoms with E-state index in [0.29, 0.717) is 5.92 Å². The molecular weight excluding hydrogens is 200 g/mol. The molecule has 1 saturated heterocycles. The molecule has 4 heteroatoms. The SMILES string of the molecule is CCn1nc(C)cc1CN1CCC(CN)C1. The Balaban J connectivity index is 1.98. The average Bonchev–Trinajstić information content (AvgIpc) is 2.85. The van der Waals surface area contributed by atoms with E-state index in [4.69, 9.17) is 5.73 Å². The second-order valence-corrected chi connectivity index (χ2v) is 4.72. The Kier molecular flexibility index (Phi) is 3.61. The highest BCUT2D eigenvalue weighted by molar-refractivity contribution is 5.09. The fourth-order valence-corrected chi connectivity index (χ4v) is 2.48. The summed E-state index contributed by atoms with van der Waals surface area (Å²) in [6.45, 7) is 9.32. The molecular formula is C12H22N4. The van der Waals surface area contributed by atoms with Crippen LogP contribution in [0.15, 0.2) is 6.07 Å². The van der Waals surface area contributed by atoms with Gasteiger partial charge in [-0.25, -0.2) is 0 Å². The van der Waals surface area contributed by atoms with Gasteiger partial charge in [0.2, 0.25) is 0 Å². The molecule has 0 amide bonds. The van der Waals surface area contributed by atoms with E-state index in [1.807, 2.05) is 0 Å². The summed E-state index contributed by atoms with van der Waals surface area (Å²) < 4.78 is 2.10. The zero-order valence-electron chi connectivity index (χ0n) is 10.3. The van der Waals surface area contributed by atoms with Crippen LogP contribution >= 0.6 is 0 Å². The van der Waals surface area contributed by atoms with Crippen LogP contribution < -0.4 is 5.73 Å². The van der Waals surface area contributed by atoms with Gasteiger partial charge >= 0.3 is 0 Å². The van der Waals surface area contributed by atoms with Crippen LogP contribution in [0.5, 0.6) is 0 Å². The van der Waals surface area contributed by atoms with Crippen LogP contribution in [-0.2, 0) is 13.1 Å². The second-order valence-electron chi connectivity index (χ2n) is 4.72. The van der Waals surface area contributed by atoms with Crippen molar-refractivity contribution in [2.75, 3.05) is 19.6 Å². The molecule has 16 heavy (non-hydrogen) atoms. The maximum Gasteiger partial charge on any atom is 0.0597 e. The first-order valence-corrected chi connectivity index (χ1v) is 6.18. The normalized spacial score (nSPS) is 21.8. The molecule has 1 fully saturated rings. The van der Waals surface area contributed by atoms with Crippen LogP contribution in [0, 0.1) is 12.8 Å². The predicted octanol–water partition coefficient (Wildman–Crippen LogP) is 0.992. The van der Waals surface area contributed by atoms with Gasteiger partial charge in [-0.05, 0) is 45.3 Å². The summed E-state index contributed by atoms with van der Waals surface area (Å²) in [5.74, 6) is 0.694. The fourth-order valence-electron chi connectivity index (χ4n) is 2.48. The molecule has 1 aromatic rings. The van der Waals surface area contributed by atoms with E-state index in [1.165, 1.54) is 18.7 Å². The van der Waals surface area contributed by atoms with Crippen molar-refractivity contribution in [3.63, 3.8) is 0 Å². The minimum atomic E-state index is 0.694. The van der Waals surface area contributed by atoms with Crippen molar-refractivity contribution in [1.82, 2.24) is 14.7 Å². The first kappa shape index (κ1) is 11.6. The molecule has 2 N–H and O–H groups in total. The highest BCUT2D eigenvalue weighted by Gasteiger charge is 2.22. The van der Waals surface area contributed by atoms with Crippen LogP contribution in [-0.4, -0.2) is 34.3 Å². The van der Waals surface area contributed by atoms with Gasteiger partial charge in [0.1, 0.15) is 0 Å². The largest absolute Gasteiger partial charge is 0.330 e. The molecule has 1 aliphatic rings. The van der Waals surface area contributed by atoms with Gasteiger partial charge in [-0.2, -0.15) is 5.10 Å². The maximum absolute atomic E-state index is 5.71. The minimum Gasteiger partial charge on any atom is -0.330 e. The summed E-state index contributed by atoms with van der Waals surface area (Å²) in [6, 6.07) is 2.19. The number of nitrogens with zero attached hydrogens (tertiary/aromatic N) is 3. The Morgan fingerprint density at radius 3 is 3.00 bits per heavy atom. The highest BCUT2D eigenvalue weighted by atomic mass is 15.3. The first-order valence-electron chi connectivity index (χ1n) is 6.18. The van der Waals surface area contributed by atoms with E-state index in [9.17, 15) is 0 Å². The monoisotopic (exact) mass is 222 g/mol. The predicted molar refractivity (Wildman–Crippen MR) is 65.1 cm³/mol. The summed E-state index contributed by atoms with van der Waals surface area (Å²) in [5, 5.41) is 4.48. The average molecular weight is 222 g/mol. The summed E-state index contributed by atoms with van der Waals surface area (Å²) in [4.78, 5) is 2.49. The molecule has 0 radical (unpaired) electrons. The molecule has 1 aliphatic heterocycles. The van der Waals surface area contributed by atoms with Gasteiger partial charge in [0.05, 0.1) is 11.4 Å². The number of hydrogen-bond acceptors (Lipinski definition) is 3. The number of rotatable bonds is 4. The van der Waals surface area contributed by atoms with Gasteiger partial charge in [0.15, 0.2) is 0 Å². The number of aromatic nitrogens is 2. The van der Waals surface area contributed by atoms with Crippen LogP contribution in [0.3, 0.4) is 0 Å². The second kappa shape index (κ2) is 4.97. The number of likely N-dealkylation sites (tertiary alicyclic amines) is 1. The van der Waals surface area contributed by atoms with Crippen LogP contribution in [0.25, 0.3) is 0 Å². The summed E-state index contributed by atoms with van der Waals surface area (Å²) in [6.07, 6.45) is 1.25. The molecule has 0 bridgehead atoms. The van der Waals surface area contributed by atoms with Crippen LogP contribution in [0.1, 0.15) is 24.7 Å². The van der Waals surface area contributed by atoms with Crippen molar-refractivity contribution in [1.29, 1.82) is 0 Å². The topological polar surface area (TPSA) is 47.1 Å². The molecule has 1 unspecified atom stereocenters. The molecule has 1 atom stereocenters. The van der Waals surface area contributed by atoms with E-state index in [2.05, 4.69) is 34.6 Å². The van der Waals surface area contributed by atoms with Crippen molar-refractivity contribution in [3.05, 3.63) is 17.5 Å². The van der Waals surface area contributed by atoms with Gasteiger partial charge in [0.25, 0.3) is 0 Å². The first-order chi connectivity index (χ1) is 7.72. The van der Waals surface area contributed by atoms with Gasteiger partial charge in [-0.1, -0.05) is 0 Å². The number of aryl methyl sites for hydroxylation is 2. The molecule has 0 aromatic carbocycles. The van der Waals surface area contributed by atoms with E-state index < -0.39 is 0 Å². The number of nitrogens with two attached hydrogens (primary N) is 1.